The molecule has 0 fully saturated rings. The Kier molecular flexibility index (Phi) is 2.97. The van der Waals surface area contributed by atoms with Crippen LogP contribution in [0.1, 0.15) is 24.1 Å². The van der Waals surface area contributed by atoms with Gasteiger partial charge in [-0.1, -0.05) is 36.4 Å². The highest BCUT2D eigenvalue weighted by Crippen LogP contribution is 2.29. The first kappa shape index (κ1) is 11.2. The first-order valence-corrected chi connectivity index (χ1v) is 5.76. The van der Waals surface area contributed by atoms with Gasteiger partial charge in [0.1, 0.15) is 0 Å². The van der Waals surface area contributed by atoms with Crippen molar-refractivity contribution in [1.29, 1.82) is 0 Å². The molecule has 1 atom stereocenters. The Hall–Kier alpha value is -1.34. The predicted molar refractivity (Wildman–Crippen MR) is 70.8 cm³/mol. The Morgan fingerprint density at radius 1 is 1.00 bits per heavy atom. The number of hydrogen-bond acceptors (Lipinski definition) is 1. The van der Waals surface area contributed by atoms with Crippen molar-refractivity contribution in [2.24, 2.45) is 0 Å². The summed E-state index contributed by atoms with van der Waals surface area (Å²) in [6, 6.07) is 13.5. The summed E-state index contributed by atoms with van der Waals surface area (Å²) in [7, 11) is 4.26. The molecule has 0 spiro atoms. The van der Waals surface area contributed by atoms with Crippen LogP contribution in [0.15, 0.2) is 36.4 Å². The van der Waals surface area contributed by atoms with Crippen molar-refractivity contribution in [3.05, 3.63) is 47.5 Å². The maximum Gasteiger partial charge on any atom is 0.0322 e. The summed E-state index contributed by atoms with van der Waals surface area (Å²) >= 11 is 0. The van der Waals surface area contributed by atoms with Gasteiger partial charge in [-0.15, -0.1) is 0 Å². The standard InChI is InChI=1S/C15H19N/c1-11-9-10-13-7-5-6-8-14(13)15(11)12(2)16(3)4/h5-10,12H,1-4H3/t12-/m1/s1. The second-order valence-electron chi connectivity index (χ2n) is 4.66. The molecule has 0 aliphatic heterocycles. The number of benzene rings is 2. The molecule has 0 amide bonds. The summed E-state index contributed by atoms with van der Waals surface area (Å²) in [5, 5.41) is 2.71. The van der Waals surface area contributed by atoms with E-state index in [-0.39, 0.29) is 0 Å². The molecule has 0 aromatic heterocycles. The van der Waals surface area contributed by atoms with E-state index in [1.165, 1.54) is 21.9 Å². The van der Waals surface area contributed by atoms with Crippen molar-refractivity contribution in [2.75, 3.05) is 14.1 Å². The largest absolute Gasteiger partial charge is 0.303 e. The first-order valence-electron chi connectivity index (χ1n) is 5.76. The molecular formula is C15H19N. The Balaban J connectivity index is 2.70. The van der Waals surface area contributed by atoms with E-state index in [1.54, 1.807) is 0 Å². The summed E-state index contributed by atoms with van der Waals surface area (Å²) < 4.78 is 0. The maximum atomic E-state index is 2.26. The van der Waals surface area contributed by atoms with Crippen LogP contribution in [0.25, 0.3) is 10.8 Å². The smallest absolute Gasteiger partial charge is 0.0322 e. The molecule has 0 bridgehead atoms. The van der Waals surface area contributed by atoms with Crippen LogP contribution < -0.4 is 0 Å². The molecule has 84 valence electrons. The summed E-state index contributed by atoms with van der Waals surface area (Å²) in [5.74, 6) is 0. The molecule has 0 heterocycles. The lowest BCUT2D eigenvalue weighted by molar-refractivity contribution is 0.322. The minimum Gasteiger partial charge on any atom is -0.303 e. The fraction of sp³-hybridized carbons (Fsp3) is 0.333. The number of nitrogens with zero attached hydrogens (tertiary/aromatic N) is 1. The van der Waals surface area contributed by atoms with Gasteiger partial charge in [0.05, 0.1) is 0 Å². The van der Waals surface area contributed by atoms with E-state index in [0.717, 1.165) is 0 Å². The molecule has 2 aromatic carbocycles. The zero-order chi connectivity index (χ0) is 11.7. The van der Waals surface area contributed by atoms with Crippen molar-refractivity contribution < 1.29 is 0 Å². The first-order chi connectivity index (χ1) is 7.61. The van der Waals surface area contributed by atoms with Crippen LogP contribution in [0.3, 0.4) is 0 Å². The Labute approximate surface area is 97.7 Å². The van der Waals surface area contributed by atoms with Crippen molar-refractivity contribution >= 4 is 10.8 Å². The molecule has 0 N–H and O–H groups in total. The molecule has 0 unspecified atom stereocenters. The topological polar surface area (TPSA) is 3.24 Å². The summed E-state index contributed by atoms with van der Waals surface area (Å²) in [4.78, 5) is 2.26. The highest BCUT2D eigenvalue weighted by molar-refractivity contribution is 5.87. The van der Waals surface area contributed by atoms with Crippen molar-refractivity contribution in [2.45, 2.75) is 19.9 Å². The zero-order valence-corrected chi connectivity index (χ0v) is 10.5. The Morgan fingerprint density at radius 3 is 2.38 bits per heavy atom. The van der Waals surface area contributed by atoms with Crippen LogP contribution in [0.4, 0.5) is 0 Å². The molecule has 0 aliphatic rings. The molecule has 0 saturated heterocycles. The number of hydrogen-bond donors (Lipinski definition) is 0. The fourth-order valence-electron chi connectivity index (χ4n) is 2.22. The summed E-state index contributed by atoms with van der Waals surface area (Å²) in [6.07, 6.45) is 0. The SMILES string of the molecule is Cc1ccc2ccccc2c1[C@@H](C)N(C)C. The second kappa shape index (κ2) is 4.26. The maximum absolute atomic E-state index is 2.26. The minimum absolute atomic E-state index is 0.450. The average molecular weight is 213 g/mol. The van der Waals surface area contributed by atoms with E-state index in [4.69, 9.17) is 0 Å². The van der Waals surface area contributed by atoms with Crippen LogP contribution in [-0.2, 0) is 0 Å². The fourth-order valence-corrected chi connectivity index (χ4v) is 2.22. The molecule has 2 rings (SSSR count). The molecule has 2 aromatic rings. The van der Waals surface area contributed by atoms with E-state index in [9.17, 15) is 0 Å². The number of aryl methyl sites for hydroxylation is 1. The van der Waals surface area contributed by atoms with Crippen molar-refractivity contribution in [3.63, 3.8) is 0 Å². The van der Waals surface area contributed by atoms with Gasteiger partial charge in [-0.2, -0.15) is 0 Å². The predicted octanol–water partition coefficient (Wildman–Crippen LogP) is 3.77. The van der Waals surface area contributed by atoms with Gasteiger partial charge in [0.15, 0.2) is 0 Å². The van der Waals surface area contributed by atoms with Gasteiger partial charge in [-0.05, 0) is 49.8 Å². The third-order valence-electron chi connectivity index (χ3n) is 3.38. The molecule has 0 saturated carbocycles. The van der Waals surface area contributed by atoms with Gasteiger partial charge in [0, 0.05) is 6.04 Å². The van der Waals surface area contributed by atoms with Crippen molar-refractivity contribution in [1.82, 2.24) is 4.90 Å². The normalized spacial score (nSPS) is 13.3. The monoisotopic (exact) mass is 213 g/mol. The Bertz CT molecular complexity index is 500. The molecular weight excluding hydrogens is 194 g/mol. The summed E-state index contributed by atoms with van der Waals surface area (Å²) in [6.45, 7) is 4.45. The lowest BCUT2D eigenvalue weighted by Crippen LogP contribution is -2.18. The minimum atomic E-state index is 0.450. The molecule has 16 heavy (non-hydrogen) atoms. The lowest BCUT2D eigenvalue weighted by Gasteiger charge is -2.23. The van der Waals surface area contributed by atoms with E-state index in [1.807, 2.05) is 0 Å². The highest BCUT2D eigenvalue weighted by atomic mass is 15.1. The summed E-state index contributed by atoms with van der Waals surface area (Å²) in [5.41, 5.74) is 2.82. The highest BCUT2D eigenvalue weighted by Gasteiger charge is 2.13. The van der Waals surface area contributed by atoms with E-state index < -0.39 is 0 Å². The molecule has 1 heteroatoms. The lowest BCUT2D eigenvalue weighted by atomic mass is 9.94. The second-order valence-corrected chi connectivity index (χ2v) is 4.66. The van der Waals surface area contributed by atoms with E-state index in [0.29, 0.717) is 6.04 Å². The number of fused-ring (bicyclic) bond motifs is 1. The quantitative estimate of drug-likeness (QED) is 0.734. The van der Waals surface area contributed by atoms with Gasteiger partial charge >= 0.3 is 0 Å². The van der Waals surface area contributed by atoms with Crippen molar-refractivity contribution in [3.8, 4) is 0 Å². The van der Waals surface area contributed by atoms with Crippen LogP contribution in [0, 0.1) is 6.92 Å². The van der Waals surface area contributed by atoms with Gasteiger partial charge in [-0.3, -0.25) is 0 Å². The van der Waals surface area contributed by atoms with Crippen LogP contribution >= 0.6 is 0 Å². The molecule has 0 radical (unpaired) electrons. The molecule has 0 aliphatic carbocycles. The van der Waals surface area contributed by atoms with E-state index in [2.05, 4.69) is 69.2 Å². The van der Waals surface area contributed by atoms with E-state index >= 15 is 0 Å². The zero-order valence-electron chi connectivity index (χ0n) is 10.5. The third-order valence-corrected chi connectivity index (χ3v) is 3.38. The van der Waals surface area contributed by atoms with Crippen LogP contribution in [0.5, 0.6) is 0 Å². The van der Waals surface area contributed by atoms with Gasteiger partial charge < -0.3 is 4.90 Å². The van der Waals surface area contributed by atoms with Gasteiger partial charge in [0.25, 0.3) is 0 Å². The average Bonchev–Trinajstić information content (AvgIpc) is 2.28. The third kappa shape index (κ3) is 1.83. The molecule has 1 nitrogen and oxygen atoms in total. The van der Waals surface area contributed by atoms with Crippen LogP contribution in [-0.4, -0.2) is 19.0 Å². The van der Waals surface area contributed by atoms with Crippen LogP contribution in [0.2, 0.25) is 0 Å². The number of rotatable bonds is 2. The van der Waals surface area contributed by atoms with Gasteiger partial charge in [0.2, 0.25) is 0 Å². The van der Waals surface area contributed by atoms with Gasteiger partial charge in [-0.25, -0.2) is 0 Å². The Morgan fingerprint density at radius 2 is 1.69 bits per heavy atom.